The molecule has 3 rings (SSSR count). The fraction of sp³-hybridized carbons (Fsp3) is 0.227. The molecule has 0 aliphatic rings. The van der Waals surface area contributed by atoms with E-state index in [1.54, 1.807) is 13.3 Å². The molecule has 3 aromatic rings. The minimum Gasteiger partial charge on any atom is -0.497 e. The van der Waals surface area contributed by atoms with Crippen LogP contribution in [0.2, 0.25) is 0 Å². The predicted octanol–water partition coefficient (Wildman–Crippen LogP) is 4.24. The van der Waals surface area contributed by atoms with E-state index in [0.717, 1.165) is 22.6 Å². The van der Waals surface area contributed by atoms with E-state index in [1.807, 2.05) is 63.2 Å². The zero-order chi connectivity index (χ0) is 20.3. The average Bonchev–Trinajstić information content (AvgIpc) is 2.72. The Labute approximate surface area is 163 Å². The molecule has 2 N–H and O–H groups in total. The predicted molar refractivity (Wildman–Crippen MR) is 115 cm³/mol. The van der Waals surface area contributed by atoms with Gasteiger partial charge >= 0.3 is 0 Å². The van der Waals surface area contributed by atoms with E-state index in [2.05, 4.69) is 15.6 Å². The number of ether oxygens (including phenoxy) is 1. The summed E-state index contributed by atoms with van der Waals surface area (Å²) in [6.07, 6.45) is 1.71. The number of benzene rings is 2. The van der Waals surface area contributed by atoms with Crippen LogP contribution in [0.25, 0.3) is 0 Å². The van der Waals surface area contributed by atoms with Crippen molar-refractivity contribution in [3.63, 3.8) is 0 Å². The summed E-state index contributed by atoms with van der Waals surface area (Å²) >= 11 is 0. The summed E-state index contributed by atoms with van der Waals surface area (Å²) in [6, 6.07) is 13.0. The third-order valence-corrected chi connectivity index (χ3v) is 4.61. The molecule has 3 aromatic carbocycles. The van der Waals surface area contributed by atoms with Gasteiger partial charge in [0.1, 0.15) is 17.1 Å². The summed E-state index contributed by atoms with van der Waals surface area (Å²) in [7, 11) is 1.61. The summed E-state index contributed by atoms with van der Waals surface area (Å²) in [6.45, 7) is 5.74. The van der Waals surface area contributed by atoms with Crippen LogP contribution >= 0.6 is 0 Å². The van der Waals surface area contributed by atoms with Crippen molar-refractivity contribution >= 4 is 29.0 Å². The molecule has 0 aliphatic heterocycles. The standard InChI is InChI=1S/C22H23N3O3/c1-5-23-18-12-16(10-9-13(18)2)25-20-19(21(26)22(20)27)24-14(3)15-7-6-8-17(11-15)28-4/h5-12,14,24-25H,1-4H3/b23-5-/t14-/m1/s1. The highest BCUT2D eigenvalue weighted by atomic mass is 16.5. The molecule has 28 heavy (non-hydrogen) atoms. The maximum absolute atomic E-state index is 12.1. The molecule has 0 radical (unpaired) electrons. The van der Waals surface area contributed by atoms with Gasteiger partial charge in [-0.2, -0.15) is 0 Å². The zero-order valence-electron chi connectivity index (χ0n) is 16.4. The van der Waals surface area contributed by atoms with Crippen LogP contribution in [0.15, 0.2) is 57.0 Å². The van der Waals surface area contributed by atoms with Gasteiger partial charge in [-0.25, -0.2) is 0 Å². The summed E-state index contributed by atoms with van der Waals surface area (Å²) in [5, 5.41) is 6.21. The molecule has 0 aromatic heterocycles. The minimum absolute atomic E-state index is 0.169. The minimum atomic E-state index is -0.526. The first-order valence-corrected chi connectivity index (χ1v) is 9.04. The van der Waals surface area contributed by atoms with E-state index in [9.17, 15) is 9.59 Å². The number of aryl methyl sites for hydroxylation is 1. The van der Waals surface area contributed by atoms with E-state index in [0.29, 0.717) is 11.4 Å². The van der Waals surface area contributed by atoms with Crippen LogP contribution in [0.5, 0.6) is 5.75 Å². The Morgan fingerprint density at radius 1 is 1.07 bits per heavy atom. The fourth-order valence-electron chi connectivity index (χ4n) is 2.97. The highest BCUT2D eigenvalue weighted by Gasteiger charge is 2.23. The lowest BCUT2D eigenvalue weighted by atomic mass is 10.1. The van der Waals surface area contributed by atoms with Crippen molar-refractivity contribution in [1.82, 2.24) is 0 Å². The van der Waals surface area contributed by atoms with Crippen LogP contribution in [0, 0.1) is 6.92 Å². The summed E-state index contributed by atoms with van der Waals surface area (Å²) in [4.78, 5) is 28.5. The van der Waals surface area contributed by atoms with Gasteiger partial charge in [-0.05, 0) is 56.2 Å². The maximum atomic E-state index is 12.1. The van der Waals surface area contributed by atoms with E-state index in [-0.39, 0.29) is 11.7 Å². The summed E-state index contributed by atoms with van der Waals surface area (Å²) < 4.78 is 5.24. The number of hydrogen-bond acceptors (Lipinski definition) is 6. The SMILES string of the molecule is C/C=N\c1cc(Nc2c(N[C@H](C)c3cccc(OC)c3)c(=O)c2=O)ccc1C. The number of nitrogens with zero attached hydrogens (tertiary/aromatic N) is 1. The molecule has 6 nitrogen and oxygen atoms in total. The maximum Gasteiger partial charge on any atom is 0.253 e. The third-order valence-electron chi connectivity index (χ3n) is 4.61. The molecule has 0 unspecified atom stereocenters. The number of methoxy groups -OCH3 is 1. The van der Waals surface area contributed by atoms with Gasteiger partial charge in [-0.3, -0.25) is 14.6 Å². The highest BCUT2D eigenvalue weighted by Crippen LogP contribution is 2.29. The average molecular weight is 377 g/mol. The van der Waals surface area contributed by atoms with E-state index in [4.69, 9.17) is 4.74 Å². The molecule has 1 atom stereocenters. The largest absolute Gasteiger partial charge is 0.497 e. The number of anilines is 3. The Hall–Kier alpha value is -3.41. The van der Waals surface area contributed by atoms with Crippen molar-refractivity contribution < 1.29 is 4.74 Å². The lowest BCUT2D eigenvalue weighted by Crippen LogP contribution is -2.37. The molecular formula is C22H23N3O3. The van der Waals surface area contributed by atoms with Crippen molar-refractivity contribution in [3.8, 4) is 5.75 Å². The summed E-state index contributed by atoms with van der Waals surface area (Å²) in [5.41, 5.74) is 3.02. The lowest BCUT2D eigenvalue weighted by Gasteiger charge is -2.20. The number of hydrogen-bond donors (Lipinski definition) is 2. The Morgan fingerprint density at radius 3 is 2.54 bits per heavy atom. The topological polar surface area (TPSA) is 79.8 Å². The van der Waals surface area contributed by atoms with Crippen molar-refractivity contribution in [2.75, 3.05) is 17.7 Å². The van der Waals surface area contributed by atoms with Crippen molar-refractivity contribution in [2.45, 2.75) is 26.8 Å². The second-order valence-corrected chi connectivity index (χ2v) is 6.56. The van der Waals surface area contributed by atoms with Gasteiger partial charge in [0.25, 0.3) is 10.9 Å². The molecule has 0 amide bonds. The lowest BCUT2D eigenvalue weighted by molar-refractivity contribution is 0.414. The highest BCUT2D eigenvalue weighted by molar-refractivity contribution is 5.80. The van der Waals surface area contributed by atoms with Crippen LogP contribution in [-0.2, 0) is 0 Å². The summed E-state index contributed by atoms with van der Waals surface area (Å²) in [5.74, 6) is 0.734. The normalized spacial score (nSPS) is 12.3. The quantitative estimate of drug-likeness (QED) is 0.476. The van der Waals surface area contributed by atoms with Crippen LogP contribution in [0.3, 0.4) is 0 Å². The molecule has 144 valence electrons. The van der Waals surface area contributed by atoms with E-state index >= 15 is 0 Å². The molecular weight excluding hydrogens is 354 g/mol. The first-order valence-electron chi connectivity index (χ1n) is 9.04. The van der Waals surface area contributed by atoms with Crippen molar-refractivity contribution in [2.24, 2.45) is 4.99 Å². The number of rotatable bonds is 7. The molecule has 0 aliphatic carbocycles. The van der Waals surface area contributed by atoms with Crippen LogP contribution in [-0.4, -0.2) is 13.3 Å². The Balaban J connectivity index is 1.84. The van der Waals surface area contributed by atoms with E-state index < -0.39 is 10.9 Å². The zero-order valence-corrected chi connectivity index (χ0v) is 16.4. The Bertz CT molecular complexity index is 1090. The third kappa shape index (κ3) is 3.81. The van der Waals surface area contributed by atoms with Gasteiger partial charge in [-0.15, -0.1) is 0 Å². The molecule has 6 heteroatoms. The van der Waals surface area contributed by atoms with Crippen molar-refractivity contribution in [1.29, 1.82) is 0 Å². The van der Waals surface area contributed by atoms with E-state index in [1.165, 1.54) is 0 Å². The fourth-order valence-corrected chi connectivity index (χ4v) is 2.97. The molecule has 0 bridgehead atoms. The first-order chi connectivity index (χ1) is 13.4. The second kappa shape index (κ2) is 8.08. The smallest absolute Gasteiger partial charge is 0.253 e. The Morgan fingerprint density at radius 2 is 1.82 bits per heavy atom. The second-order valence-electron chi connectivity index (χ2n) is 6.56. The molecule has 0 heterocycles. The van der Waals surface area contributed by atoms with Crippen LogP contribution < -0.4 is 26.2 Å². The van der Waals surface area contributed by atoms with Crippen molar-refractivity contribution in [3.05, 3.63) is 74.0 Å². The van der Waals surface area contributed by atoms with Gasteiger partial charge in [0.2, 0.25) is 0 Å². The molecule has 0 spiro atoms. The molecule has 0 saturated heterocycles. The monoisotopic (exact) mass is 377 g/mol. The van der Waals surface area contributed by atoms with Crippen LogP contribution in [0.4, 0.5) is 22.7 Å². The van der Waals surface area contributed by atoms with Gasteiger partial charge in [0.15, 0.2) is 0 Å². The number of aliphatic imine (C=N–C) groups is 1. The van der Waals surface area contributed by atoms with Gasteiger partial charge in [-0.1, -0.05) is 18.2 Å². The van der Waals surface area contributed by atoms with Crippen LogP contribution in [0.1, 0.15) is 31.0 Å². The molecule has 0 saturated carbocycles. The van der Waals surface area contributed by atoms with Gasteiger partial charge < -0.3 is 15.4 Å². The van der Waals surface area contributed by atoms with Gasteiger partial charge in [0.05, 0.1) is 12.8 Å². The number of nitrogens with one attached hydrogen (secondary N) is 2. The first kappa shape index (κ1) is 19.4. The van der Waals surface area contributed by atoms with Gasteiger partial charge in [0, 0.05) is 17.9 Å². The molecule has 0 fully saturated rings. The Kier molecular flexibility index (Phi) is 5.59.